The predicted octanol–water partition coefficient (Wildman–Crippen LogP) is 1.80. The van der Waals surface area contributed by atoms with Gasteiger partial charge >= 0.3 is 4.87 Å². The van der Waals surface area contributed by atoms with Crippen LogP contribution in [0, 0.1) is 0 Å². The molecular formula is C10H5NO2S. The molecule has 14 heavy (non-hydrogen) atoms. The summed E-state index contributed by atoms with van der Waals surface area (Å²) >= 11 is 1.13. The fourth-order valence-corrected chi connectivity index (χ4v) is 2.38. The monoisotopic (exact) mass is 203 g/mol. The van der Waals surface area contributed by atoms with Crippen molar-refractivity contribution in [3.63, 3.8) is 0 Å². The Kier molecular flexibility index (Phi) is 1.33. The summed E-state index contributed by atoms with van der Waals surface area (Å²) in [6.45, 7) is 0. The number of carbonyl (C=O) groups excluding carboxylic acids is 1. The van der Waals surface area contributed by atoms with E-state index in [1.165, 1.54) is 0 Å². The van der Waals surface area contributed by atoms with E-state index in [1.807, 2.05) is 6.07 Å². The van der Waals surface area contributed by atoms with Crippen molar-refractivity contribution in [1.82, 2.24) is 4.98 Å². The number of H-pyrrole nitrogens is 1. The van der Waals surface area contributed by atoms with Crippen molar-refractivity contribution in [3.05, 3.63) is 39.0 Å². The lowest BCUT2D eigenvalue weighted by Gasteiger charge is -1.96. The maximum atomic E-state index is 11.3. The maximum absolute atomic E-state index is 11.3. The Balaban J connectivity index is 2.46. The van der Waals surface area contributed by atoms with Crippen molar-refractivity contribution in [2.24, 2.45) is 0 Å². The van der Waals surface area contributed by atoms with E-state index in [2.05, 4.69) is 4.98 Å². The number of allylic oxidation sites excluding steroid dienone is 1. The van der Waals surface area contributed by atoms with Crippen LogP contribution in [-0.4, -0.2) is 10.8 Å². The molecule has 4 heteroatoms. The lowest BCUT2D eigenvalue weighted by molar-refractivity contribution is 0.105. The second-order valence-corrected chi connectivity index (χ2v) is 4.16. The van der Waals surface area contributed by atoms with Gasteiger partial charge in [-0.05, 0) is 23.8 Å². The smallest absolute Gasteiger partial charge is 0.305 e. The van der Waals surface area contributed by atoms with Crippen molar-refractivity contribution >= 4 is 33.4 Å². The van der Waals surface area contributed by atoms with Crippen LogP contribution in [0.3, 0.4) is 0 Å². The van der Waals surface area contributed by atoms with Gasteiger partial charge in [-0.15, -0.1) is 0 Å². The molecule has 0 aliphatic heterocycles. The summed E-state index contributed by atoms with van der Waals surface area (Å²) in [5, 5.41) is 0. The Bertz CT molecular complexity index is 633. The molecule has 0 saturated heterocycles. The van der Waals surface area contributed by atoms with Crippen LogP contribution in [0.25, 0.3) is 16.3 Å². The van der Waals surface area contributed by atoms with Gasteiger partial charge in [-0.3, -0.25) is 9.59 Å². The predicted molar refractivity (Wildman–Crippen MR) is 55.8 cm³/mol. The number of benzene rings is 1. The van der Waals surface area contributed by atoms with Gasteiger partial charge in [0.15, 0.2) is 5.78 Å². The average Bonchev–Trinajstić information content (AvgIpc) is 2.66. The number of carbonyl (C=O) groups is 1. The van der Waals surface area contributed by atoms with E-state index < -0.39 is 0 Å². The first-order valence-corrected chi connectivity index (χ1v) is 4.95. The number of nitrogens with one attached hydrogen (secondary N) is 1. The third-order valence-electron chi connectivity index (χ3n) is 2.27. The number of rotatable bonds is 0. The number of thiazole rings is 1. The third kappa shape index (κ3) is 0.914. The van der Waals surface area contributed by atoms with E-state index in [-0.39, 0.29) is 10.7 Å². The summed E-state index contributed by atoms with van der Waals surface area (Å²) in [4.78, 5) is 25.0. The Labute approximate surface area is 82.7 Å². The lowest BCUT2D eigenvalue weighted by atomic mass is 10.1. The van der Waals surface area contributed by atoms with Gasteiger partial charge in [-0.25, -0.2) is 0 Å². The number of hydrogen-bond acceptors (Lipinski definition) is 3. The fourth-order valence-electron chi connectivity index (χ4n) is 1.62. The molecule has 0 radical (unpaired) electrons. The molecule has 68 valence electrons. The van der Waals surface area contributed by atoms with Gasteiger partial charge < -0.3 is 4.98 Å². The molecule has 0 amide bonds. The molecule has 0 atom stereocenters. The quantitative estimate of drug-likeness (QED) is 0.709. The van der Waals surface area contributed by atoms with E-state index in [0.717, 1.165) is 27.1 Å². The van der Waals surface area contributed by atoms with E-state index in [9.17, 15) is 9.59 Å². The van der Waals surface area contributed by atoms with Gasteiger partial charge in [-0.1, -0.05) is 17.4 Å². The van der Waals surface area contributed by atoms with Crippen LogP contribution in [0.4, 0.5) is 0 Å². The zero-order valence-corrected chi connectivity index (χ0v) is 7.85. The molecule has 1 aromatic carbocycles. The van der Waals surface area contributed by atoms with E-state index >= 15 is 0 Å². The molecule has 1 aromatic heterocycles. The molecule has 0 saturated carbocycles. The van der Waals surface area contributed by atoms with Crippen LogP contribution in [0.15, 0.2) is 23.0 Å². The van der Waals surface area contributed by atoms with Crippen LogP contribution in [0.2, 0.25) is 0 Å². The zero-order valence-electron chi connectivity index (χ0n) is 7.03. The third-order valence-corrected chi connectivity index (χ3v) is 3.12. The molecule has 0 fully saturated rings. The van der Waals surface area contributed by atoms with Crippen LogP contribution < -0.4 is 4.87 Å². The summed E-state index contributed by atoms with van der Waals surface area (Å²) in [6.07, 6.45) is 3.32. The minimum absolute atomic E-state index is 0.0164. The lowest BCUT2D eigenvalue weighted by Crippen LogP contribution is -1.91. The molecule has 1 aliphatic rings. The molecule has 1 aliphatic carbocycles. The first-order chi connectivity index (χ1) is 6.74. The highest BCUT2D eigenvalue weighted by Gasteiger charge is 2.15. The van der Waals surface area contributed by atoms with Gasteiger partial charge in [0.2, 0.25) is 0 Å². The van der Waals surface area contributed by atoms with Crippen LogP contribution in [0.1, 0.15) is 15.9 Å². The highest BCUT2D eigenvalue weighted by atomic mass is 32.1. The minimum atomic E-state index is -0.0832. The Morgan fingerprint density at radius 1 is 1.14 bits per heavy atom. The fraction of sp³-hybridized carbons (Fsp3) is 0. The SMILES string of the molecule is O=C1C=Cc2cc3[nH]c(=O)sc3cc21. The van der Waals surface area contributed by atoms with Gasteiger partial charge in [-0.2, -0.15) is 0 Å². The van der Waals surface area contributed by atoms with Gasteiger partial charge in [0, 0.05) is 5.56 Å². The number of hydrogen-bond donors (Lipinski definition) is 1. The first-order valence-electron chi connectivity index (χ1n) is 4.13. The van der Waals surface area contributed by atoms with Crippen molar-refractivity contribution in [1.29, 1.82) is 0 Å². The Morgan fingerprint density at radius 2 is 2.00 bits per heavy atom. The molecular weight excluding hydrogens is 198 g/mol. The molecule has 3 rings (SSSR count). The first kappa shape index (κ1) is 7.70. The molecule has 0 spiro atoms. The van der Waals surface area contributed by atoms with Crippen molar-refractivity contribution in [2.45, 2.75) is 0 Å². The molecule has 2 aromatic rings. The molecule has 1 heterocycles. The van der Waals surface area contributed by atoms with E-state index in [1.54, 1.807) is 18.2 Å². The standard InChI is InChI=1S/C10H5NO2S/c12-8-2-1-5-3-7-9(4-6(5)8)14-10(13)11-7/h1-4H,(H,11,13). The van der Waals surface area contributed by atoms with E-state index in [0.29, 0.717) is 5.56 Å². The van der Waals surface area contributed by atoms with Gasteiger partial charge in [0.1, 0.15) is 0 Å². The van der Waals surface area contributed by atoms with Crippen LogP contribution in [0.5, 0.6) is 0 Å². The Morgan fingerprint density at radius 3 is 2.86 bits per heavy atom. The zero-order chi connectivity index (χ0) is 9.71. The summed E-state index contributed by atoms with van der Waals surface area (Å²) in [5.74, 6) is 0.0164. The second-order valence-electron chi connectivity index (χ2n) is 3.15. The van der Waals surface area contributed by atoms with Crippen molar-refractivity contribution < 1.29 is 4.79 Å². The summed E-state index contributed by atoms with van der Waals surface area (Å²) < 4.78 is 0.839. The number of fused-ring (bicyclic) bond motifs is 2. The van der Waals surface area contributed by atoms with Crippen molar-refractivity contribution in [2.75, 3.05) is 0 Å². The number of aromatic nitrogens is 1. The van der Waals surface area contributed by atoms with E-state index in [4.69, 9.17) is 0 Å². The molecule has 1 N–H and O–H groups in total. The van der Waals surface area contributed by atoms with Gasteiger partial charge in [0.25, 0.3) is 0 Å². The normalized spacial score (nSPS) is 13.9. The topological polar surface area (TPSA) is 49.9 Å². The maximum Gasteiger partial charge on any atom is 0.305 e. The number of ketones is 1. The largest absolute Gasteiger partial charge is 0.312 e. The van der Waals surface area contributed by atoms with Crippen LogP contribution >= 0.6 is 11.3 Å². The number of aromatic amines is 1. The highest BCUT2D eigenvalue weighted by Crippen LogP contribution is 2.25. The second kappa shape index (κ2) is 2.42. The molecule has 0 unspecified atom stereocenters. The molecule has 0 bridgehead atoms. The van der Waals surface area contributed by atoms with Crippen LogP contribution in [-0.2, 0) is 0 Å². The summed E-state index contributed by atoms with van der Waals surface area (Å²) in [5.41, 5.74) is 2.38. The average molecular weight is 203 g/mol. The summed E-state index contributed by atoms with van der Waals surface area (Å²) in [6, 6.07) is 3.61. The van der Waals surface area contributed by atoms with Crippen molar-refractivity contribution in [3.8, 4) is 0 Å². The minimum Gasteiger partial charge on any atom is -0.312 e. The molecule has 3 nitrogen and oxygen atoms in total. The Hall–Kier alpha value is -1.68. The van der Waals surface area contributed by atoms with Gasteiger partial charge in [0.05, 0.1) is 10.2 Å². The highest BCUT2D eigenvalue weighted by molar-refractivity contribution is 7.16. The summed E-state index contributed by atoms with van der Waals surface area (Å²) in [7, 11) is 0.